The Kier molecular flexibility index (Phi) is 7.05. The van der Waals surface area contributed by atoms with E-state index in [1.807, 2.05) is 23.1 Å². The highest BCUT2D eigenvalue weighted by Crippen LogP contribution is 2.17. The van der Waals surface area contributed by atoms with Crippen molar-refractivity contribution in [2.45, 2.75) is 52.6 Å². The molecule has 2 rings (SSSR count). The zero-order valence-electron chi connectivity index (χ0n) is 15.8. The highest BCUT2D eigenvalue weighted by Gasteiger charge is 2.16. The average molecular weight is 338 g/mol. The molecule has 0 aliphatic carbocycles. The van der Waals surface area contributed by atoms with Gasteiger partial charge >= 0.3 is 0 Å². The predicted octanol–water partition coefficient (Wildman–Crippen LogP) is 5.05. The molecule has 0 saturated heterocycles. The lowest BCUT2D eigenvalue weighted by Crippen LogP contribution is -2.37. The lowest BCUT2D eigenvalue weighted by atomic mass is 10.0. The molecular formula is C22H30N2O. The highest BCUT2D eigenvalue weighted by atomic mass is 16.2. The maximum absolute atomic E-state index is 12.6. The molecule has 0 spiro atoms. The maximum Gasteiger partial charge on any atom is 0.224 e. The SMILES string of the molecule is CC(C)c1ccc(NCCC(=O)N(Cc2ccccc2)C(C)C)cc1. The number of rotatable bonds is 8. The number of anilines is 1. The summed E-state index contributed by atoms with van der Waals surface area (Å²) in [5.74, 6) is 0.721. The quantitative estimate of drug-likeness (QED) is 0.730. The smallest absolute Gasteiger partial charge is 0.224 e. The van der Waals surface area contributed by atoms with Crippen LogP contribution in [0.2, 0.25) is 0 Å². The second-order valence-electron chi connectivity index (χ2n) is 7.05. The van der Waals surface area contributed by atoms with Crippen LogP contribution in [0.15, 0.2) is 54.6 Å². The van der Waals surface area contributed by atoms with Crippen molar-refractivity contribution < 1.29 is 4.79 Å². The summed E-state index contributed by atoms with van der Waals surface area (Å²) in [6.45, 7) is 9.83. The fourth-order valence-electron chi connectivity index (χ4n) is 2.78. The molecule has 1 amide bonds. The molecule has 2 aromatic rings. The van der Waals surface area contributed by atoms with Gasteiger partial charge < -0.3 is 10.2 Å². The van der Waals surface area contributed by atoms with E-state index in [2.05, 4.69) is 69.4 Å². The number of amides is 1. The molecule has 25 heavy (non-hydrogen) atoms. The van der Waals surface area contributed by atoms with Gasteiger partial charge in [0, 0.05) is 31.2 Å². The second-order valence-corrected chi connectivity index (χ2v) is 7.05. The number of benzene rings is 2. The molecule has 0 unspecified atom stereocenters. The summed E-state index contributed by atoms with van der Waals surface area (Å²) >= 11 is 0. The molecule has 0 heterocycles. The van der Waals surface area contributed by atoms with Gasteiger partial charge in [-0.2, -0.15) is 0 Å². The Morgan fingerprint density at radius 1 is 0.960 bits per heavy atom. The van der Waals surface area contributed by atoms with Crippen molar-refractivity contribution >= 4 is 11.6 Å². The Hall–Kier alpha value is -2.29. The number of hydrogen-bond acceptors (Lipinski definition) is 2. The first-order chi connectivity index (χ1) is 12.0. The lowest BCUT2D eigenvalue weighted by molar-refractivity contribution is -0.133. The zero-order chi connectivity index (χ0) is 18.2. The van der Waals surface area contributed by atoms with Crippen LogP contribution in [0.5, 0.6) is 0 Å². The van der Waals surface area contributed by atoms with Crippen molar-refractivity contribution in [3.05, 3.63) is 65.7 Å². The van der Waals surface area contributed by atoms with Crippen LogP contribution in [0.4, 0.5) is 5.69 Å². The molecule has 3 nitrogen and oxygen atoms in total. The summed E-state index contributed by atoms with van der Waals surface area (Å²) in [5, 5.41) is 3.35. The van der Waals surface area contributed by atoms with Gasteiger partial charge in [-0.3, -0.25) is 4.79 Å². The Balaban J connectivity index is 1.86. The van der Waals surface area contributed by atoms with E-state index in [0.717, 1.165) is 5.69 Å². The highest BCUT2D eigenvalue weighted by molar-refractivity contribution is 5.77. The van der Waals surface area contributed by atoms with Crippen molar-refractivity contribution in [3.63, 3.8) is 0 Å². The van der Waals surface area contributed by atoms with Crippen LogP contribution in [0, 0.1) is 0 Å². The van der Waals surface area contributed by atoms with Crippen LogP contribution in [-0.2, 0) is 11.3 Å². The summed E-state index contributed by atoms with van der Waals surface area (Å²) in [6, 6.07) is 18.8. The molecule has 0 bridgehead atoms. The molecule has 0 aliphatic heterocycles. The summed E-state index contributed by atoms with van der Waals surface area (Å²) in [5.41, 5.74) is 3.56. The fraction of sp³-hybridized carbons (Fsp3) is 0.409. The van der Waals surface area contributed by atoms with Crippen LogP contribution in [0.3, 0.4) is 0 Å². The summed E-state index contributed by atoms with van der Waals surface area (Å²) < 4.78 is 0. The van der Waals surface area contributed by atoms with E-state index < -0.39 is 0 Å². The Morgan fingerprint density at radius 3 is 2.16 bits per heavy atom. The van der Waals surface area contributed by atoms with Gasteiger partial charge in [0.2, 0.25) is 5.91 Å². The largest absolute Gasteiger partial charge is 0.385 e. The normalized spacial score (nSPS) is 11.0. The minimum atomic E-state index is 0.185. The molecular weight excluding hydrogens is 308 g/mol. The number of carbonyl (C=O) groups excluding carboxylic acids is 1. The third kappa shape index (κ3) is 5.93. The van der Waals surface area contributed by atoms with E-state index in [-0.39, 0.29) is 11.9 Å². The zero-order valence-corrected chi connectivity index (χ0v) is 15.8. The number of nitrogens with one attached hydrogen (secondary N) is 1. The summed E-state index contributed by atoms with van der Waals surface area (Å²) in [6.07, 6.45) is 0.497. The van der Waals surface area contributed by atoms with Crippen LogP contribution >= 0.6 is 0 Å². The number of hydrogen-bond donors (Lipinski definition) is 1. The van der Waals surface area contributed by atoms with Crippen LogP contribution in [0.1, 0.15) is 51.2 Å². The molecule has 1 N–H and O–H groups in total. The molecule has 0 saturated carbocycles. The first kappa shape index (κ1) is 19.0. The van der Waals surface area contributed by atoms with Gasteiger partial charge in [-0.15, -0.1) is 0 Å². The molecule has 0 aliphatic rings. The lowest BCUT2D eigenvalue weighted by Gasteiger charge is -2.27. The average Bonchev–Trinajstić information content (AvgIpc) is 2.60. The van der Waals surface area contributed by atoms with Crippen molar-refractivity contribution in [1.82, 2.24) is 4.90 Å². The van der Waals surface area contributed by atoms with Gasteiger partial charge in [-0.25, -0.2) is 0 Å². The predicted molar refractivity (Wildman–Crippen MR) is 106 cm³/mol. The number of nitrogens with zero attached hydrogens (tertiary/aromatic N) is 1. The first-order valence-electron chi connectivity index (χ1n) is 9.14. The Bertz CT molecular complexity index is 647. The minimum absolute atomic E-state index is 0.185. The summed E-state index contributed by atoms with van der Waals surface area (Å²) in [4.78, 5) is 14.6. The van der Waals surface area contributed by atoms with E-state index in [1.54, 1.807) is 0 Å². The molecule has 0 atom stereocenters. The minimum Gasteiger partial charge on any atom is -0.385 e. The van der Waals surface area contributed by atoms with Crippen molar-refractivity contribution in [3.8, 4) is 0 Å². The Morgan fingerprint density at radius 2 is 1.60 bits per heavy atom. The Labute approximate surface area is 152 Å². The molecule has 0 aromatic heterocycles. The van der Waals surface area contributed by atoms with E-state index in [4.69, 9.17) is 0 Å². The van der Waals surface area contributed by atoms with Crippen molar-refractivity contribution in [2.75, 3.05) is 11.9 Å². The van der Waals surface area contributed by atoms with Crippen LogP contribution in [-0.4, -0.2) is 23.4 Å². The third-order valence-corrected chi connectivity index (χ3v) is 4.38. The first-order valence-corrected chi connectivity index (χ1v) is 9.14. The molecule has 134 valence electrons. The van der Waals surface area contributed by atoms with E-state index in [0.29, 0.717) is 25.4 Å². The van der Waals surface area contributed by atoms with Gasteiger partial charge in [0.25, 0.3) is 0 Å². The molecule has 0 radical (unpaired) electrons. The fourth-order valence-corrected chi connectivity index (χ4v) is 2.78. The van der Waals surface area contributed by atoms with Gasteiger partial charge in [-0.1, -0.05) is 56.3 Å². The van der Waals surface area contributed by atoms with Crippen molar-refractivity contribution in [1.29, 1.82) is 0 Å². The van der Waals surface area contributed by atoms with Gasteiger partial charge in [-0.05, 0) is 43.0 Å². The molecule has 2 aromatic carbocycles. The van der Waals surface area contributed by atoms with Gasteiger partial charge in [0.05, 0.1) is 0 Å². The van der Waals surface area contributed by atoms with E-state index in [9.17, 15) is 4.79 Å². The standard InChI is InChI=1S/C22H30N2O/c1-17(2)20-10-12-21(13-11-20)23-15-14-22(25)24(18(3)4)16-19-8-6-5-7-9-19/h5-13,17-18,23H,14-16H2,1-4H3. The van der Waals surface area contributed by atoms with Gasteiger partial charge in [0.15, 0.2) is 0 Å². The maximum atomic E-state index is 12.6. The monoisotopic (exact) mass is 338 g/mol. The molecule has 3 heteroatoms. The van der Waals surface area contributed by atoms with E-state index >= 15 is 0 Å². The third-order valence-electron chi connectivity index (χ3n) is 4.38. The molecule has 0 fully saturated rings. The summed E-state index contributed by atoms with van der Waals surface area (Å²) in [7, 11) is 0. The van der Waals surface area contributed by atoms with Gasteiger partial charge in [0.1, 0.15) is 0 Å². The second kappa shape index (κ2) is 9.26. The van der Waals surface area contributed by atoms with Crippen LogP contribution < -0.4 is 5.32 Å². The topological polar surface area (TPSA) is 32.3 Å². The van der Waals surface area contributed by atoms with E-state index in [1.165, 1.54) is 11.1 Å². The van der Waals surface area contributed by atoms with Crippen molar-refractivity contribution in [2.24, 2.45) is 0 Å². The number of carbonyl (C=O) groups is 1. The van der Waals surface area contributed by atoms with Crippen LogP contribution in [0.25, 0.3) is 0 Å².